The highest BCUT2D eigenvalue weighted by atomic mass is 32.2. The van der Waals surface area contributed by atoms with E-state index >= 15 is 0 Å². The first-order valence-corrected chi connectivity index (χ1v) is 10.6. The number of thiophene rings is 1. The van der Waals surface area contributed by atoms with Crippen LogP contribution in [0.25, 0.3) is 0 Å². The summed E-state index contributed by atoms with van der Waals surface area (Å²) < 4.78 is 0. The Hall–Kier alpha value is 0.01000. The van der Waals surface area contributed by atoms with Gasteiger partial charge in [-0.3, -0.25) is 0 Å². The molecule has 0 aromatic carbocycles. The van der Waals surface area contributed by atoms with Crippen LogP contribution in [0.2, 0.25) is 0 Å². The fourth-order valence-electron chi connectivity index (χ4n) is 4.32. The molecular weight excluding hydrogens is 294 g/mol. The number of nitrogens with one attached hydrogen (secondary N) is 1. The van der Waals surface area contributed by atoms with Gasteiger partial charge in [0.05, 0.1) is 0 Å². The molecule has 21 heavy (non-hydrogen) atoms. The van der Waals surface area contributed by atoms with E-state index in [0.717, 1.165) is 24.3 Å². The Morgan fingerprint density at radius 2 is 2.00 bits per heavy atom. The van der Waals surface area contributed by atoms with Crippen LogP contribution in [-0.4, -0.2) is 12.3 Å². The maximum atomic E-state index is 3.82. The van der Waals surface area contributed by atoms with Crippen LogP contribution < -0.4 is 5.32 Å². The lowest BCUT2D eigenvalue weighted by Gasteiger charge is -2.36. The number of thioether (sulfide) groups is 1. The highest BCUT2D eigenvalue weighted by Gasteiger charge is 2.32. The quantitative estimate of drug-likeness (QED) is 0.811. The van der Waals surface area contributed by atoms with Gasteiger partial charge in [-0.05, 0) is 67.4 Å². The smallest absolute Gasteiger partial charge is 0.0443 e. The van der Waals surface area contributed by atoms with E-state index in [1.54, 1.807) is 15.3 Å². The van der Waals surface area contributed by atoms with Crippen molar-refractivity contribution in [3.63, 3.8) is 0 Å². The van der Waals surface area contributed by atoms with Crippen LogP contribution in [-0.2, 0) is 12.2 Å². The first-order chi connectivity index (χ1) is 10.2. The zero-order valence-electron chi connectivity index (χ0n) is 13.7. The van der Waals surface area contributed by atoms with Crippen LogP contribution in [0.3, 0.4) is 0 Å². The molecule has 0 spiro atoms. The van der Waals surface area contributed by atoms with Gasteiger partial charge in [-0.1, -0.05) is 20.8 Å². The summed E-state index contributed by atoms with van der Waals surface area (Å²) in [6, 6.07) is 3.13. The number of fused-ring (bicyclic) bond motifs is 1. The lowest BCUT2D eigenvalue weighted by atomic mass is 9.73. The molecule has 1 saturated carbocycles. The molecular formula is C18H29NS2. The molecule has 1 fully saturated rings. The SMILES string of the molecule is CCNC(c1cc2c(s1)CCSC2)C1CC(C)CC(C)C1. The summed E-state index contributed by atoms with van der Waals surface area (Å²) in [5.74, 6) is 5.17. The topological polar surface area (TPSA) is 12.0 Å². The van der Waals surface area contributed by atoms with Crippen molar-refractivity contribution >= 4 is 23.1 Å². The lowest BCUT2D eigenvalue weighted by Crippen LogP contribution is -2.32. The summed E-state index contributed by atoms with van der Waals surface area (Å²) in [6.45, 7) is 8.23. The zero-order valence-corrected chi connectivity index (χ0v) is 15.3. The average molecular weight is 324 g/mol. The van der Waals surface area contributed by atoms with Crippen LogP contribution in [0.4, 0.5) is 0 Å². The zero-order chi connectivity index (χ0) is 14.8. The van der Waals surface area contributed by atoms with Crippen molar-refractivity contribution in [3.05, 3.63) is 21.4 Å². The lowest BCUT2D eigenvalue weighted by molar-refractivity contribution is 0.179. The van der Waals surface area contributed by atoms with Gasteiger partial charge in [0, 0.05) is 21.5 Å². The maximum absolute atomic E-state index is 3.82. The van der Waals surface area contributed by atoms with Crippen LogP contribution in [0.1, 0.15) is 61.4 Å². The predicted molar refractivity (Wildman–Crippen MR) is 96.3 cm³/mol. The van der Waals surface area contributed by atoms with Gasteiger partial charge in [-0.2, -0.15) is 11.8 Å². The molecule has 0 amide bonds. The summed E-state index contributed by atoms with van der Waals surface area (Å²) in [5.41, 5.74) is 1.63. The molecule has 3 unspecified atom stereocenters. The summed E-state index contributed by atoms with van der Waals surface area (Å²) in [7, 11) is 0. The molecule has 0 bridgehead atoms. The Balaban J connectivity index is 1.81. The van der Waals surface area contributed by atoms with Crippen LogP contribution in [0.15, 0.2) is 6.07 Å². The Morgan fingerprint density at radius 1 is 1.24 bits per heavy atom. The Kier molecular flexibility index (Phi) is 5.34. The minimum atomic E-state index is 0.598. The van der Waals surface area contributed by atoms with Crippen molar-refractivity contribution in [1.29, 1.82) is 0 Å². The van der Waals surface area contributed by atoms with Crippen LogP contribution in [0, 0.1) is 17.8 Å². The van der Waals surface area contributed by atoms with Gasteiger partial charge in [0.15, 0.2) is 0 Å². The third-order valence-electron chi connectivity index (χ3n) is 5.06. The summed E-state index contributed by atoms with van der Waals surface area (Å²) >= 11 is 4.20. The molecule has 2 heterocycles. The molecule has 2 aliphatic rings. The highest BCUT2D eigenvalue weighted by molar-refractivity contribution is 7.98. The number of hydrogen-bond acceptors (Lipinski definition) is 3. The van der Waals surface area contributed by atoms with Crippen LogP contribution in [0.5, 0.6) is 0 Å². The van der Waals surface area contributed by atoms with Crippen molar-refractivity contribution in [2.75, 3.05) is 12.3 Å². The van der Waals surface area contributed by atoms with Gasteiger partial charge in [0.1, 0.15) is 0 Å². The fourth-order valence-corrected chi connectivity index (χ4v) is 6.87. The summed E-state index contributed by atoms with van der Waals surface area (Å²) in [6.07, 6.45) is 5.52. The summed E-state index contributed by atoms with van der Waals surface area (Å²) in [5, 5.41) is 3.82. The van der Waals surface area contributed by atoms with Crippen LogP contribution >= 0.6 is 23.1 Å². The van der Waals surface area contributed by atoms with Gasteiger partial charge in [-0.25, -0.2) is 0 Å². The molecule has 1 aliphatic carbocycles. The molecule has 3 heteroatoms. The minimum absolute atomic E-state index is 0.598. The molecule has 1 aromatic rings. The molecule has 118 valence electrons. The van der Waals surface area contributed by atoms with Gasteiger partial charge >= 0.3 is 0 Å². The second kappa shape index (κ2) is 7.06. The maximum Gasteiger partial charge on any atom is 0.0443 e. The van der Waals surface area contributed by atoms with Crippen molar-refractivity contribution in [3.8, 4) is 0 Å². The first-order valence-electron chi connectivity index (χ1n) is 8.60. The normalized spacial score (nSPS) is 30.9. The first kappa shape index (κ1) is 15.9. The van der Waals surface area contributed by atoms with E-state index in [2.05, 4.69) is 55.3 Å². The van der Waals surface area contributed by atoms with Crippen molar-refractivity contribution < 1.29 is 0 Å². The molecule has 0 radical (unpaired) electrons. The van der Waals surface area contributed by atoms with Crippen molar-refractivity contribution in [1.82, 2.24) is 5.32 Å². The molecule has 1 aromatic heterocycles. The van der Waals surface area contributed by atoms with Gasteiger partial charge in [-0.15, -0.1) is 11.3 Å². The summed E-state index contributed by atoms with van der Waals surface area (Å²) in [4.78, 5) is 3.29. The third kappa shape index (κ3) is 3.68. The molecule has 3 rings (SSSR count). The standard InChI is InChI=1S/C18H29NS2/c1-4-19-18(14-8-12(2)7-13(3)9-14)17-10-15-11-20-6-5-16(15)21-17/h10,12-14,18-19H,4-9,11H2,1-3H3. The molecule has 3 atom stereocenters. The third-order valence-corrected chi connectivity index (χ3v) is 7.39. The Morgan fingerprint density at radius 3 is 2.67 bits per heavy atom. The molecule has 0 saturated heterocycles. The van der Waals surface area contributed by atoms with Gasteiger partial charge in [0.25, 0.3) is 0 Å². The molecule has 1 aliphatic heterocycles. The number of aryl methyl sites for hydroxylation is 1. The van der Waals surface area contributed by atoms with E-state index in [0.29, 0.717) is 6.04 Å². The molecule has 1 nitrogen and oxygen atoms in total. The number of rotatable bonds is 4. The minimum Gasteiger partial charge on any atom is -0.309 e. The van der Waals surface area contributed by atoms with Gasteiger partial charge < -0.3 is 5.32 Å². The average Bonchev–Trinajstić information content (AvgIpc) is 2.87. The van der Waals surface area contributed by atoms with E-state index in [9.17, 15) is 0 Å². The second-order valence-corrected chi connectivity index (χ2v) is 9.39. The van der Waals surface area contributed by atoms with Crippen molar-refractivity contribution in [2.45, 2.75) is 58.2 Å². The largest absolute Gasteiger partial charge is 0.309 e. The fraction of sp³-hybridized carbons (Fsp3) is 0.778. The number of hydrogen-bond donors (Lipinski definition) is 1. The predicted octanol–water partition coefficient (Wildman–Crippen LogP) is 5.26. The Bertz CT molecular complexity index is 434. The van der Waals surface area contributed by atoms with E-state index in [1.165, 1.54) is 37.2 Å². The van der Waals surface area contributed by atoms with Gasteiger partial charge in [0.2, 0.25) is 0 Å². The van der Waals surface area contributed by atoms with E-state index in [1.807, 2.05) is 0 Å². The highest BCUT2D eigenvalue weighted by Crippen LogP contribution is 2.43. The Labute approximate surface area is 138 Å². The van der Waals surface area contributed by atoms with Crippen molar-refractivity contribution in [2.24, 2.45) is 17.8 Å². The van der Waals surface area contributed by atoms with E-state index < -0.39 is 0 Å². The second-order valence-electron chi connectivity index (χ2n) is 7.11. The van der Waals surface area contributed by atoms with E-state index in [-0.39, 0.29) is 0 Å². The molecule has 1 N–H and O–H groups in total. The van der Waals surface area contributed by atoms with E-state index in [4.69, 9.17) is 0 Å². The monoisotopic (exact) mass is 323 g/mol.